The number of primary amides is 2. The van der Waals surface area contributed by atoms with Crippen LogP contribution in [0.3, 0.4) is 0 Å². The normalized spacial score (nSPS) is 15.7. The molecule has 0 bridgehead atoms. The van der Waals surface area contributed by atoms with Crippen LogP contribution in [0, 0.1) is 0 Å². The molecule has 14 heteroatoms. The van der Waals surface area contributed by atoms with Crippen LogP contribution in [0.15, 0.2) is 0 Å². The van der Waals surface area contributed by atoms with Crippen LogP contribution in [0.25, 0.3) is 0 Å². The molecule has 0 radical (unpaired) electrons. The number of rotatable bonds is 11. The molecule has 24 heavy (non-hydrogen) atoms. The number of amides is 2. The first kappa shape index (κ1) is 23.2. The fraction of sp³-hybridized carbons (Fsp3) is 0.600. The molecule has 0 aliphatic rings. The third kappa shape index (κ3) is 9.48. The molecule has 138 valence electrons. The van der Waals surface area contributed by atoms with E-state index in [-0.39, 0.29) is 11.5 Å². The Morgan fingerprint density at radius 1 is 0.792 bits per heavy atom. The van der Waals surface area contributed by atoms with E-state index in [1.807, 2.05) is 0 Å². The number of carbonyl (C=O) groups excluding carboxylic acids is 4. The van der Waals surface area contributed by atoms with Gasteiger partial charge in [-0.1, -0.05) is 21.6 Å². The number of hydrogen-bond donors (Lipinski definition) is 6. The molecule has 0 aliphatic heterocycles. The first-order chi connectivity index (χ1) is 11.1. The molecule has 8 N–H and O–H groups in total. The first-order valence-electron chi connectivity index (χ1n) is 6.17. The molecule has 0 heterocycles. The summed E-state index contributed by atoms with van der Waals surface area (Å²) in [4.78, 5) is 44.4. The Labute approximate surface area is 156 Å². The molecule has 0 saturated carbocycles. The number of hydrogen-bond acceptors (Lipinski definition) is 12. The van der Waals surface area contributed by atoms with Crippen LogP contribution >= 0.6 is 46.8 Å². The molecule has 0 aromatic carbocycles. The molecule has 0 aromatic heterocycles. The van der Waals surface area contributed by atoms with Crippen molar-refractivity contribution in [3.05, 3.63) is 0 Å². The van der Waals surface area contributed by atoms with Gasteiger partial charge < -0.3 is 32.4 Å². The van der Waals surface area contributed by atoms with Gasteiger partial charge in [0.25, 0.3) is 11.8 Å². The predicted octanol–water partition coefficient (Wildman–Crippen LogP) is -2.41. The van der Waals surface area contributed by atoms with Crippen molar-refractivity contribution >= 4 is 70.6 Å². The Morgan fingerprint density at radius 3 is 1.33 bits per heavy atom. The summed E-state index contributed by atoms with van der Waals surface area (Å²) < 4.78 is 9.22. The van der Waals surface area contributed by atoms with Crippen molar-refractivity contribution in [3.8, 4) is 0 Å². The minimum absolute atomic E-state index is 0.126. The Morgan fingerprint density at radius 2 is 1.08 bits per heavy atom. The largest absolute Gasteiger partial charge is 0.440 e. The first-order valence-corrected chi connectivity index (χ1v) is 9.69. The molecule has 10 nitrogen and oxygen atoms in total. The third-order valence-electron chi connectivity index (χ3n) is 2.13. The van der Waals surface area contributed by atoms with Gasteiger partial charge in [0.1, 0.15) is 12.1 Å². The van der Waals surface area contributed by atoms with Gasteiger partial charge in [0.15, 0.2) is 0 Å². The van der Waals surface area contributed by atoms with Crippen LogP contribution in [0.5, 0.6) is 0 Å². The van der Waals surface area contributed by atoms with E-state index < -0.39 is 46.7 Å². The van der Waals surface area contributed by atoms with Gasteiger partial charge in [-0.15, -0.1) is 25.3 Å². The highest BCUT2D eigenvalue weighted by molar-refractivity contribution is 8.76. The summed E-state index contributed by atoms with van der Waals surface area (Å²) in [5, 5.41) is 0. The van der Waals surface area contributed by atoms with E-state index in [9.17, 15) is 19.2 Å². The predicted molar refractivity (Wildman–Crippen MR) is 97.0 cm³/mol. The van der Waals surface area contributed by atoms with E-state index >= 15 is 0 Å². The second-order valence-electron chi connectivity index (χ2n) is 4.17. The molecule has 0 rings (SSSR count). The molecular weight excluding hydrogens is 400 g/mol. The summed E-state index contributed by atoms with van der Waals surface area (Å²) in [6, 6.07) is -2.03. The lowest BCUT2D eigenvalue weighted by molar-refractivity contribution is -0.150. The fourth-order valence-corrected chi connectivity index (χ4v) is 3.31. The number of nitrogens with two attached hydrogens (primary N) is 4. The molecule has 2 amide bonds. The molecule has 0 fully saturated rings. The van der Waals surface area contributed by atoms with Crippen molar-refractivity contribution in [2.45, 2.75) is 23.0 Å². The zero-order chi connectivity index (χ0) is 18.9. The molecule has 4 atom stereocenters. The van der Waals surface area contributed by atoms with Crippen molar-refractivity contribution in [2.24, 2.45) is 22.9 Å². The third-order valence-corrected chi connectivity index (χ3v) is 5.32. The standard InChI is InChI=1S/C10H18N4O6S4/c11-3(7(17)19-9(21)5(13)15)1-23-24-2-4(12)8(18)20-10(22)6(14)16/h3-4,9-10,21-22H,1-2,11-12H2,(H2,13,15)(H2,14,16)/t3-,4-,9?,10?/m0/s1. The quantitative estimate of drug-likeness (QED) is 0.0692. The highest BCUT2D eigenvalue weighted by atomic mass is 33.1. The van der Waals surface area contributed by atoms with Gasteiger partial charge in [0.2, 0.25) is 10.9 Å². The topological polar surface area (TPSA) is 191 Å². The van der Waals surface area contributed by atoms with Crippen LogP contribution in [-0.4, -0.2) is 58.2 Å². The van der Waals surface area contributed by atoms with Crippen LogP contribution in [0.4, 0.5) is 0 Å². The Hall–Kier alpha value is -0.800. The van der Waals surface area contributed by atoms with E-state index in [0.717, 1.165) is 21.6 Å². The fourth-order valence-electron chi connectivity index (χ4n) is 0.890. The Bertz CT molecular complexity index is 440. The van der Waals surface area contributed by atoms with Gasteiger partial charge in [-0.3, -0.25) is 19.2 Å². The summed E-state index contributed by atoms with van der Waals surface area (Å²) in [6.45, 7) is 0. The second-order valence-corrected chi connectivity index (χ2v) is 7.66. The zero-order valence-corrected chi connectivity index (χ0v) is 15.6. The minimum atomic E-state index is -1.37. The molecular formula is C10H18N4O6S4. The summed E-state index contributed by atoms with van der Waals surface area (Å²) in [5.74, 6) is -3.26. The van der Waals surface area contributed by atoms with E-state index in [1.54, 1.807) is 0 Å². The molecule has 0 spiro atoms. The summed E-state index contributed by atoms with van der Waals surface area (Å²) in [6.07, 6.45) is 0. The lowest BCUT2D eigenvalue weighted by Crippen LogP contribution is -2.39. The van der Waals surface area contributed by atoms with Crippen molar-refractivity contribution in [1.29, 1.82) is 0 Å². The van der Waals surface area contributed by atoms with Crippen LogP contribution in [0.2, 0.25) is 0 Å². The Balaban J connectivity index is 4.03. The molecule has 0 aliphatic carbocycles. The van der Waals surface area contributed by atoms with Crippen LogP contribution < -0.4 is 22.9 Å². The number of carbonyl (C=O) groups is 4. The zero-order valence-electron chi connectivity index (χ0n) is 12.2. The lowest BCUT2D eigenvalue weighted by Gasteiger charge is -2.15. The minimum Gasteiger partial charge on any atom is -0.440 e. The van der Waals surface area contributed by atoms with Crippen molar-refractivity contribution in [1.82, 2.24) is 0 Å². The van der Waals surface area contributed by atoms with E-state index in [0.29, 0.717) is 0 Å². The van der Waals surface area contributed by atoms with E-state index in [4.69, 9.17) is 22.9 Å². The summed E-state index contributed by atoms with van der Waals surface area (Å²) in [5.41, 5.74) is 18.2. The smallest absolute Gasteiger partial charge is 0.325 e. The van der Waals surface area contributed by atoms with Gasteiger partial charge in [-0.25, -0.2) is 0 Å². The molecule has 2 unspecified atom stereocenters. The van der Waals surface area contributed by atoms with Crippen LogP contribution in [0.1, 0.15) is 0 Å². The number of ether oxygens (including phenoxy) is 2. The summed E-state index contributed by atoms with van der Waals surface area (Å²) in [7, 11) is 2.29. The Kier molecular flexibility index (Phi) is 11.3. The number of thiol groups is 2. The highest BCUT2D eigenvalue weighted by Crippen LogP contribution is 2.23. The van der Waals surface area contributed by atoms with Crippen molar-refractivity contribution < 1.29 is 28.7 Å². The van der Waals surface area contributed by atoms with Gasteiger partial charge in [-0.05, 0) is 0 Å². The van der Waals surface area contributed by atoms with Gasteiger partial charge >= 0.3 is 11.9 Å². The molecule has 0 saturated heterocycles. The van der Waals surface area contributed by atoms with Crippen LogP contribution in [-0.2, 0) is 28.7 Å². The van der Waals surface area contributed by atoms with Gasteiger partial charge in [0.05, 0.1) is 0 Å². The van der Waals surface area contributed by atoms with E-state index in [1.165, 1.54) is 0 Å². The van der Waals surface area contributed by atoms with E-state index in [2.05, 4.69) is 34.7 Å². The van der Waals surface area contributed by atoms with Crippen molar-refractivity contribution in [2.75, 3.05) is 11.5 Å². The SMILES string of the molecule is NC(=O)C(S)OC(=O)[C@@H](N)CSSC[C@H](N)C(=O)OC(S)C(N)=O. The van der Waals surface area contributed by atoms with Crippen molar-refractivity contribution in [3.63, 3.8) is 0 Å². The average molecular weight is 419 g/mol. The van der Waals surface area contributed by atoms with Gasteiger partial charge in [0, 0.05) is 11.5 Å². The maximum Gasteiger partial charge on any atom is 0.325 e. The number of esters is 2. The lowest BCUT2D eigenvalue weighted by atomic mass is 10.4. The second kappa shape index (κ2) is 11.7. The summed E-state index contributed by atoms with van der Waals surface area (Å²) >= 11 is 7.33. The molecule has 0 aromatic rings. The highest BCUT2D eigenvalue weighted by Gasteiger charge is 2.23. The average Bonchev–Trinajstić information content (AvgIpc) is 2.50. The van der Waals surface area contributed by atoms with Gasteiger partial charge in [-0.2, -0.15) is 0 Å². The maximum absolute atomic E-state index is 11.5. The maximum atomic E-state index is 11.5. The monoisotopic (exact) mass is 418 g/mol.